The molecule has 1 atom stereocenters. The van der Waals surface area contributed by atoms with Gasteiger partial charge in [0.2, 0.25) is 0 Å². The Morgan fingerprint density at radius 3 is 2.15 bits per heavy atom. The lowest BCUT2D eigenvalue weighted by atomic mass is 9.73. The number of rotatable bonds is 1. The third kappa shape index (κ3) is 1.41. The minimum Gasteiger partial charge on any atom is -0.303 e. The summed E-state index contributed by atoms with van der Waals surface area (Å²) in [6, 6.07) is 4.24. The molecular formula is C10H13N3. The molecule has 3 aliphatic heterocycles. The second-order valence-corrected chi connectivity index (χ2v) is 4.04. The number of piperidine rings is 3. The highest BCUT2D eigenvalue weighted by Crippen LogP contribution is 2.36. The Kier molecular flexibility index (Phi) is 2.20. The van der Waals surface area contributed by atoms with E-state index in [9.17, 15) is 0 Å². The highest BCUT2D eigenvalue weighted by molar-refractivity contribution is 5.07. The van der Waals surface area contributed by atoms with Gasteiger partial charge in [0.25, 0.3) is 0 Å². The van der Waals surface area contributed by atoms with Gasteiger partial charge in [0, 0.05) is 12.5 Å². The predicted molar refractivity (Wildman–Crippen MR) is 47.4 cm³/mol. The fourth-order valence-corrected chi connectivity index (χ4v) is 2.61. The van der Waals surface area contributed by atoms with Gasteiger partial charge in [-0.05, 0) is 31.8 Å². The van der Waals surface area contributed by atoms with Gasteiger partial charge in [-0.1, -0.05) is 0 Å². The van der Waals surface area contributed by atoms with E-state index in [4.69, 9.17) is 10.5 Å². The molecule has 0 amide bonds. The molecule has 3 nitrogen and oxygen atoms in total. The molecular weight excluding hydrogens is 162 g/mol. The van der Waals surface area contributed by atoms with Crippen molar-refractivity contribution < 1.29 is 0 Å². The van der Waals surface area contributed by atoms with Crippen LogP contribution in [0.2, 0.25) is 0 Å². The molecule has 0 saturated carbocycles. The average Bonchev–Trinajstić information content (AvgIpc) is 2.22. The summed E-state index contributed by atoms with van der Waals surface area (Å²) in [6.45, 7) is 3.31. The molecule has 0 N–H and O–H groups in total. The molecule has 13 heavy (non-hydrogen) atoms. The largest absolute Gasteiger partial charge is 0.303 e. The van der Waals surface area contributed by atoms with Crippen molar-refractivity contribution in [3.05, 3.63) is 0 Å². The van der Waals surface area contributed by atoms with Gasteiger partial charge in [-0.25, -0.2) is 0 Å². The predicted octanol–water partition coefficient (Wildman–Crippen LogP) is 0.992. The number of hydrogen-bond donors (Lipinski definition) is 0. The Bertz CT molecular complexity index is 251. The maximum atomic E-state index is 8.82. The van der Waals surface area contributed by atoms with Crippen LogP contribution >= 0.6 is 0 Å². The van der Waals surface area contributed by atoms with E-state index in [1.54, 1.807) is 0 Å². The fourth-order valence-electron chi connectivity index (χ4n) is 2.61. The second kappa shape index (κ2) is 3.36. The summed E-state index contributed by atoms with van der Waals surface area (Å²) >= 11 is 0. The van der Waals surface area contributed by atoms with E-state index < -0.39 is 0 Å². The first-order valence-electron chi connectivity index (χ1n) is 4.86. The van der Waals surface area contributed by atoms with Gasteiger partial charge in [-0.15, -0.1) is 0 Å². The summed E-state index contributed by atoms with van der Waals surface area (Å²) in [5, 5.41) is 17.6. The first-order valence-corrected chi connectivity index (χ1v) is 4.86. The summed E-state index contributed by atoms with van der Waals surface area (Å²) in [5.74, 6) is 0.569. The van der Waals surface area contributed by atoms with Crippen molar-refractivity contribution in [2.75, 3.05) is 19.6 Å². The van der Waals surface area contributed by atoms with E-state index >= 15 is 0 Å². The number of nitrogens with zero attached hydrogens (tertiary/aromatic N) is 3. The van der Waals surface area contributed by atoms with Crippen LogP contribution in [0.15, 0.2) is 0 Å². The van der Waals surface area contributed by atoms with Gasteiger partial charge < -0.3 is 4.90 Å². The van der Waals surface area contributed by atoms with E-state index in [-0.39, 0.29) is 5.92 Å². The molecule has 0 aliphatic carbocycles. The highest BCUT2D eigenvalue weighted by Gasteiger charge is 2.38. The van der Waals surface area contributed by atoms with Gasteiger partial charge >= 0.3 is 0 Å². The number of nitriles is 2. The standard InChI is InChI=1S/C10H13N3/c11-5-9(6-12)10-7-13-3-1-8(10)2-4-13/h8-10H,1-4,7H2/t10-/m1/s1. The fraction of sp³-hybridized carbons (Fsp3) is 0.800. The SMILES string of the molecule is N#CC(C#N)[C@@H]1CN2CCC1CC2. The Labute approximate surface area is 78.6 Å². The average molecular weight is 175 g/mol. The van der Waals surface area contributed by atoms with Crippen LogP contribution in [-0.2, 0) is 0 Å². The van der Waals surface area contributed by atoms with Gasteiger partial charge in [-0.2, -0.15) is 10.5 Å². The van der Waals surface area contributed by atoms with Crippen molar-refractivity contribution in [3.8, 4) is 12.1 Å². The normalized spacial score (nSPS) is 37.0. The molecule has 0 aromatic heterocycles. The Morgan fingerprint density at radius 2 is 1.77 bits per heavy atom. The van der Waals surface area contributed by atoms with Crippen molar-refractivity contribution >= 4 is 0 Å². The first-order chi connectivity index (χ1) is 6.35. The maximum Gasteiger partial charge on any atom is 0.137 e. The molecule has 3 aliphatic rings. The van der Waals surface area contributed by atoms with E-state index in [1.165, 1.54) is 25.9 Å². The molecule has 0 unspecified atom stereocenters. The maximum absolute atomic E-state index is 8.82. The van der Waals surface area contributed by atoms with Crippen molar-refractivity contribution in [1.29, 1.82) is 10.5 Å². The van der Waals surface area contributed by atoms with Crippen molar-refractivity contribution in [2.45, 2.75) is 12.8 Å². The van der Waals surface area contributed by atoms with Crippen molar-refractivity contribution in [1.82, 2.24) is 4.90 Å². The third-order valence-corrected chi connectivity index (χ3v) is 3.41. The van der Waals surface area contributed by atoms with E-state index in [1.807, 2.05) is 0 Å². The zero-order valence-electron chi connectivity index (χ0n) is 7.61. The van der Waals surface area contributed by atoms with Crippen LogP contribution in [0.3, 0.4) is 0 Å². The first kappa shape index (κ1) is 8.53. The smallest absolute Gasteiger partial charge is 0.137 e. The summed E-state index contributed by atoms with van der Waals surface area (Å²) in [5.41, 5.74) is 0. The van der Waals surface area contributed by atoms with Crippen LogP contribution in [0.1, 0.15) is 12.8 Å². The van der Waals surface area contributed by atoms with E-state index in [0.29, 0.717) is 11.8 Å². The van der Waals surface area contributed by atoms with Crippen molar-refractivity contribution in [2.24, 2.45) is 17.8 Å². The Morgan fingerprint density at radius 1 is 1.15 bits per heavy atom. The molecule has 3 rings (SSSR count). The highest BCUT2D eigenvalue weighted by atomic mass is 15.1. The Balaban J connectivity index is 2.09. The minimum absolute atomic E-state index is 0.317. The number of fused-ring (bicyclic) bond motifs is 3. The third-order valence-electron chi connectivity index (χ3n) is 3.41. The van der Waals surface area contributed by atoms with Crippen LogP contribution in [-0.4, -0.2) is 24.5 Å². The lowest BCUT2D eigenvalue weighted by molar-refractivity contribution is 0.0412. The van der Waals surface area contributed by atoms with Crippen LogP contribution in [0.5, 0.6) is 0 Å². The monoisotopic (exact) mass is 175 g/mol. The molecule has 68 valence electrons. The van der Waals surface area contributed by atoms with Gasteiger partial charge in [0.1, 0.15) is 5.92 Å². The summed E-state index contributed by atoms with van der Waals surface area (Å²) in [7, 11) is 0. The van der Waals surface area contributed by atoms with Crippen LogP contribution < -0.4 is 0 Å². The van der Waals surface area contributed by atoms with Crippen LogP contribution in [0.25, 0.3) is 0 Å². The zero-order chi connectivity index (χ0) is 9.26. The summed E-state index contributed by atoms with van der Waals surface area (Å²) < 4.78 is 0. The minimum atomic E-state index is -0.381. The van der Waals surface area contributed by atoms with E-state index in [0.717, 1.165) is 6.54 Å². The molecule has 3 heteroatoms. The van der Waals surface area contributed by atoms with Crippen LogP contribution in [0, 0.1) is 40.4 Å². The van der Waals surface area contributed by atoms with Crippen LogP contribution in [0.4, 0.5) is 0 Å². The molecule has 0 aromatic rings. The van der Waals surface area contributed by atoms with Gasteiger partial charge in [0.15, 0.2) is 0 Å². The van der Waals surface area contributed by atoms with Gasteiger partial charge in [0.05, 0.1) is 12.1 Å². The van der Waals surface area contributed by atoms with E-state index in [2.05, 4.69) is 17.0 Å². The molecule has 3 fully saturated rings. The summed E-state index contributed by atoms with van der Waals surface area (Å²) in [4.78, 5) is 2.38. The quantitative estimate of drug-likeness (QED) is 0.597. The summed E-state index contributed by atoms with van der Waals surface area (Å²) in [6.07, 6.45) is 2.37. The number of hydrogen-bond acceptors (Lipinski definition) is 3. The lowest BCUT2D eigenvalue weighted by Crippen LogP contribution is -2.49. The second-order valence-electron chi connectivity index (χ2n) is 4.04. The molecule has 0 spiro atoms. The molecule has 0 radical (unpaired) electrons. The lowest BCUT2D eigenvalue weighted by Gasteiger charge is -2.45. The Hall–Kier alpha value is -1.06. The van der Waals surface area contributed by atoms with Gasteiger partial charge in [-0.3, -0.25) is 0 Å². The molecule has 0 aromatic carbocycles. The molecule has 2 bridgehead atoms. The molecule has 3 heterocycles. The zero-order valence-corrected chi connectivity index (χ0v) is 7.61. The topological polar surface area (TPSA) is 50.8 Å². The molecule has 3 saturated heterocycles. The van der Waals surface area contributed by atoms with Crippen molar-refractivity contribution in [3.63, 3.8) is 0 Å².